The van der Waals surface area contributed by atoms with E-state index in [2.05, 4.69) is 26.0 Å². The predicted octanol–water partition coefficient (Wildman–Crippen LogP) is 3.34. The lowest BCUT2D eigenvalue weighted by molar-refractivity contribution is 0.879. The van der Waals surface area contributed by atoms with Gasteiger partial charge in [0.25, 0.3) is 0 Å². The lowest BCUT2D eigenvalue weighted by Gasteiger charge is -2.02. The molecule has 0 saturated heterocycles. The summed E-state index contributed by atoms with van der Waals surface area (Å²) in [6, 6.07) is 7.86. The molecule has 3 aromatic rings. The second kappa shape index (κ2) is 4.55. The standard InChI is InChI=1S/C12H9BrN4S/c13-8-3-1-2-4-10(8)17-7-9(14)11(16-17)12-15-5-6-18-12/h1-7H,14H2. The Morgan fingerprint density at radius 2 is 2.11 bits per heavy atom. The molecule has 6 heteroatoms. The minimum atomic E-state index is 0.626. The van der Waals surface area contributed by atoms with E-state index >= 15 is 0 Å². The number of nitrogen functional groups attached to an aromatic ring is 1. The number of rotatable bonds is 2. The molecule has 3 rings (SSSR count). The fourth-order valence-corrected chi connectivity index (χ4v) is 2.76. The van der Waals surface area contributed by atoms with Crippen LogP contribution in [0.25, 0.3) is 16.4 Å². The van der Waals surface area contributed by atoms with Crippen LogP contribution in [-0.4, -0.2) is 14.8 Å². The summed E-state index contributed by atoms with van der Waals surface area (Å²) in [5.41, 5.74) is 8.29. The molecule has 2 aromatic heterocycles. The third-order valence-corrected chi connectivity index (χ3v) is 3.93. The first kappa shape index (κ1) is 11.4. The van der Waals surface area contributed by atoms with Gasteiger partial charge in [0.15, 0.2) is 0 Å². The molecular formula is C12H9BrN4S. The Balaban J connectivity index is 2.11. The van der Waals surface area contributed by atoms with E-state index in [0.29, 0.717) is 5.69 Å². The van der Waals surface area contributed by atoms with Crippen molar-refractivity contribution in [2.24, 2.45) is 0 Å². The molecule has 2 heterocycles. The first-order valence-corrected chi connectivity index (χ1v) is 6.93. The molecule has 0 bridgehead atoms. The number of para-hydroxylation sites is 1. The van der Waals surface area contributed by atoms with Crippen molar-refractivity contribution in [2.75, 3.05) is 5.73 Å². The quantitative estimate of drug-likeness (QED) is 0.787. The smallest absolute Gasteiger partial charge is 0.145 e. The zero-order valence-corrected chi connectivity index (χ0v) is 11.6. The molecule has 0 amide bonds. The Bertz CT molecular complexity index is 675. The summed E-state index contributed by atoms with van der Waals surface area (Å²) in [6.07, 6.45) is 3.55. The normalized spacial score (nSPS) is 10.7. The van der Waals surface area contributed by atoms with Gasteiger partial charge in [-0.1, -0.05) is 12.1 Å². The van der Waals surface area contributed by atoms with Gasteiger partial charge in [-0.2, -0.15) is 5.10 Å². The summed E-state index contributed by atoms with van der Waals surface area (Å²) in [5.74, 6) is 0. The lowest BCUT2D eigenvalue weighted by Crippen LogP contribution is -1.95. The highest BCUT2D eigenvalue weighted by atomic mass is 79.9. The predicted molar refractivity (Wildman–Crippen MR) is 76.8 cm³/mol. The molecule has 0 radical (unpaired) electrons. The molecule has 0 fully saturated rings. The number of aromatic nitrogens is 3. The Morgan fingerprint density at radius 3 is 2.83 bits per heavy atom. The van der Waals surface area contributed by atoms with E-state index in [1.54, 1.807) is 17.1 Å². The highest BCUT2D eigenvalue weighted by Crippen LogP contribution is 2.28. The van der Waals surface area contributed by atoms with Gasteiger partial charge in [-0.25, -0.2) is 9.67 Å². The van der Waals surface area contributed by atoms with E-state index in [1.807, 2.05) is 29.6 Å². The van der Waals surface area contributed by atoms with Crippen LogP contribution in [0.4, 0.5) is 5.69 Å². The van der Waals surface area contributed by atoms with E-state index in [1.165, 1.54) is 11.3 Å². The topological polar surface area (TPSA) is 56.7 Å². The number of nitrogens with two attached hydrogens (primary N) is 1. The Hall–Kier alpha value is -1.66. The maximum Gasteiger partial charge on any atom is 0.145 e. The van der Waals surface area contributed by atoms with Crippen LogP contribution < -0.4 is 5.73 Å². The summed E-state index contributed by atoms with van der Waals surface area (Å²) in [5, 5.41) is 7.23. The number of hydrogen-bond acceptors (Lipinski definition) is 4. The Morgan fingerprint density at radius 1 is 1.28 bits per heavy atom. The minimum absolute atomic E-state index is 0.626. The molecule has 0 aliphatic carbocycles. The number of hydrogen-bond donors (Lipinski definition) is 1. The zero-order chi connectivity index (χ0) is 12.5. The van der Waals surface area contributed by atoms with E-state index in [4.69, 9.17) is 5.73 Å². The van der Waals surface area contributed by atoms with E-state index < -0.39 is 0 Å². The van der Waals surface area contributed by atoms with Crippen molar-refractivity contribution in [3.63, 3.8) is 0 Å². The molecule has 0 aliphatic rings. The maximum atomic E-state index is 5.99. The van der Waals surface area contributed by atoms with Gasteiger partial charge in [0, 0.05) is 16.0 Å². The molecule has 0 unspecified atom stereocenters. The maximum absolute atomic E-state index is 5.99. The molecule has 0 spiro atoms. The van der Waals surface area contributed by atoms with Crippen LogP contribution in [0.1, 0.15) is 0 Å². The Labute approximate surface area is 116 Å². The SMILES string of the molecule is Nc1cn(-c2ccccc2Br)nc1-c1nccs1. The third-order valence-electron chi connectivity index (χ3n) is 2.48. The van der Waals surface area contributed by atoms with Crippen molar-refractivity contribution in [1.82, 2.24) is 14.8 Å². The molecule has 0 aliphatic heterocycles. The molecule has 0 atom stereocenters. The van der Waals surface area contributed by atoms with Crippen molar-refractivity contribution in [1.29, 1.82) is 0 Å². The van der Waals surface area contributed by atoms with Crippen LogP contribution in [-0.2, 0) is 0 Å². The van der Waals surface area contributed by atoms with Crippen molar-refractivity contribution in [3.05, 3.63) is 46.5 Å². The minimum Gasteiger partial charge on any atom is -0.396 e. The number of benzene rings is 1. The highest BCUT2D eigenvalue weighted by molar-refractivity contribution is 9.10. The summed E-state index contributed by atoms with van der Waals surface area (Å²) < 4.78 is 2.73. The van der Waals surface area contributed by atoms with Crippen LogP contribution in [0.15, 0.2) is 46.5 Å². The summed E-state index contributed by atoms with van der Waals surface area (Å²) in [7, 11) is 0. The number of nitrogens with zero attached hydrogens (tertiary/aromatic N) is 3. The van der Waals surface area contributed by atoms with Gasteiger partial charge >= 0.3 is 0 Å². The Kier molecular flexibility index (Phi) is 2.89. The molecule has 1 aromatic carbocycles. The molecular weight excluding hydrogens is 312 g/mol. The summed E-state index contributed by atoms with van der Waals surface area (Å²) in [4.78, 5) is 4.23. The third kappa shape index (κ3) is 1.93. The van der Waals surface area contributed by atoms with Crippen LogP contribution in [0.2, 0.25) is 0 Å². The molecule has 0 saturated carbocycles. The summed E-state index contributed by atoms with van der Waals surface area (Å²) in [6.45, 7) is 0. The van der Waals surface area contributed by atoms with Crippen LogP contribution in [0.3, 0.4) is 0 Å². The molecule has 2 N–H and O–H groups in total. The van der Waals surface area contributed by atoms with Gasteiger partial charge in [0.2, 0.25) is 0 Å². The molecule has 4 nitrogen and oxygen atoms in total. The van der Waals surface area contributed by atoms with Crippen LogP contribution in [0, 0.1) is 0 Å². The second-order valence-electron chi connectivity index (χ2n) is 3.67. The fraction of sp³-hybridized carbons (Fsp3) is 0. The highest BCUT2D eigenvalue weighted by Gasteiger charge is 2.12. The van der Waals surface area contributed by atoms with Crippen molar-refractivity contribution < 1.29 is 0 Å². The molecule has 18 heavy (non-hydrogen) atoms. The average Bonchev–Trinajstić information content (AvgIpc) is 2.98. The second-order valence-corrected chi connectivity index (χ2v) is 5.42. The van der Waals surface area contributed by atoms with Crippen LogP contribution in [0.5, 0.6) is 0 Å². The number of halogens is 1. The van der Waals surface area contributed by atoms with Crippen molar-refractivity contribution >= 4 is 33.0 Å². The summed E-state index contributed by atoms with van der Waals surface area (Å²) >= 11 is 5.03. The van der Waals surface area contributed by atoms with Crippen molar-refractivity contribution in [2.45, 2.75) is 0 Å². The first-order valence-electron chi connectivity index (χ1n) is 5.25. The average molecular weight is 321 g/mol. The van der Waals surface area contributed by atoms with Crippen molar-refractivity contribution in [3.8, 4) is 16.4 Å². The number of thiazole rings is 1. The van der Waals surface area contributed by atoms with Gasteiger partial charge in [-0.05, 0) is 28.1 Å². The van der Waals surface area contributed by atoms with Gasteiger partial charge < -0.3 is 5.73 Å². The zero-order valence-electron chi connectivity index (χ0n) is 9.25. The molecule has 90 valence electrons. The van der Waals surface area contributed by atoms with E-state index in [0.717, 1.165) is 20.9 Å². The van der Waals surface area contributed by atoms with Gasteiger partial charge in [-0.15, -0.1) is 11.3 Å². The number of anilines is 1. The fourth-order valence-electron chi connectivity index (χ4n) is 1.65. The largest absolute Gasteiger partial charge is 0.396 e. The van der Waals surface area contributed by atoms with Gasteiger partial charge in [0.05, 0.1) is 17.6 Å². The van der Waals surface area contributed by atoms with E-state index in [9.17, 15) is 0 Å². The van der Waals surface area contributed by atoms with Gasteiger partial charge in [0.1, 0.15) is 10.7 Å². The van der Waals surface area contributed by atoms with Gasteiger partial charge in [-0.3, -0.25) is 0 Å². The van der Waals surface area contributed by atoms with E-state index in [-0.39, 0.29) is 0 Å². The lowest BCUT2D eigenvalue weighted by atomic mass is 10.3. The first-order chi connectivity index (χ1) is 8.75. The monoisotopic (exact) mass is 320 g/mol. The van der Waals surface area contributed by atoms with Crippen LogP contribution >= 0.6 is 27.3 Å².